The van der Waals surface area contributed by atoms with Gasteiger partial charge in [0.2, 0.25) is 5.91 Å². The van der Waals surface area contributed by atoms with Crippen LogP contribution in [0, 0.1) is 13.8 Å². The van der Waals surface area contributed by atoms with Crippen LogP contribution in [0.5, 0.6) is 5.75 Å². The number of aryl methyl sites for hydroxylation is 2. The average Bonchev–Trinajstić information content (AvgIpc) is 2.64. The molecule has 0 spiro atoms. The molecule has 0 saturated carbocycles. The van der Waals surface area contributed by atoms with Crippen molar-refractivity contribution >= 4 is 23.5 Å². The number of amides is 2. The van der Waals surface area contributed by atoms with E-state index in [1.807, 2.05) is 32.0 Å². The van der Waals surface area contributed by atoms with Gasteiger partial charge in [-0.05, 0) is 62.2 Å². The number of hydrogen-bond donors (Lipinski definition) is 2. The molecule has 2 rings (SSSR count). The van der Waals surface area contributed by atoms with Crippen LogP contribution in [0.3, 0.4) is 0 Å². The van der Waals surface area contributed by atoms with Crippen molar-refractivity contribution in [3.8, 4) is 5.75 Å². The van der Waals surface area contributed by atoms with Gasteiger partial charge in [0.05, 0.1) is 13.0 Å². The van der Waals surface area contributed by atoms with Crippen molar-refractivity contribution in [3.63, 3.8) is 0 Å². The number of carbonyl (C=O) groups is 3. The number of carbonyl (C=O) groups excluding carboxylic acids is 3. The van der Waals surface area contributed by atoms with Gasteiger partial charge in [-0.2, -0.15) is 0 Å². The summed E-state index contributed by atoms with van der Waals surface area (Å²) in [7, 11) is 0. The van der Waals surface area contributed by atoms with Crippen LogP contribution in [0.2, 0.25) is 0 Å². The lowest BCUT2D eigenvalue weighted by Crippen LogP contribution is -2.30. The molecular formula is C21H24N2O5. The van der Waals surface area contributed by atoms with Gasteiger partial charge in [-0.3, -0.25) is 14.4 Å². The summed E-state index contributed by atoms with van der Waals surface area (Å²) in [5, 5.41) is 2.61. The monoisotopic (exact) mass is 384 g/mol. The predicted molar refractivity (Wildman–Crippen MR) is 105 cm³/mol. The van der Waals surface area contributed by atoms with Gasteiger partial charge >= 0.3 is 5.97 Å². The van der Waals surface area contributed by atoms with E-state index in [9.17, 15) is 14.4 Å². The number of primary amides is 1. The van der Waals surface area contributed by atoms with E-state index in [-0.39, 0.29) is 13.0 Å². The number of nitrogens with two attached hydrogens (primary N) is 1. The van der Waals surface area contributed by atoms with Crippen LogP contribution >= 0.6 is 0 Å². The average molecular weight is 384 g/mol. The fourth-order valence-corrected chi connectivity index (χ4v) is 2.38. The molecule has 2 amide bonds. The maximum atomic E-state index is 12.1. The van der Waals surface area contributed by atoms with Crippen LogP contribution in [-0.2, 0) is 14.3 Å². The Morgan fingerprint density at radius 1 is 1.07 bits per heavy atom. The van der Waals surface area contributed by atoms with E-state index in [1.165, 1.54) is 19.1 Å². The Hall–Kier alpha value is -3.35. The molecule has 28 heavy (non-hydrogen) atoms. The molecule has 148 valence electrons. The third-order valence-corrected chi connectivity index (χ3v) is 4.02. The minimum absolute atomic E-state index is 0.0261. The van der Waals surface area contributed by atoms with Crippen molar-refractivity contribution < 1.29 is 23.9 Å². The highest BCUT2D eigenvalue weighted by molar-refractivity contribution is 5.96. The van der Waals surface area contributed by atoms with E-state index in [2.05, 4.69) is 5.32 Å². The fraction of sp³-hybridized carbons (Fsp3) is 0.286. The molecule has 0 saturated heterocycles. The predicted octanol–water partition coefficient (Wildman–Crippen LogP) is 2.74. The highest BCUT2D eigenvalue weighted by atomic mass is 16.5. The fourth-order valence-electron chi connectivity index (χ4n) is 2.38. The van der Waals surface area contributed by atoms with Gasteiger partial charge < -0.3 is 20.5 Å². The second kappa shape index (κ2) is 9.55. The Morgan fingerprint density at radius 3 is 2.39 bits per heavy atom. The minimum Gasteiger partial charge on any atom is -0.493 e. The van der Waals surface area contributed by atoms with E-state index in [0.29, 0.717) is 11.3 Å². The van der Waals surface area contributed by atoms with Crippen molar-refractivity contribution in [2.75, 3.05) is 11.9 Å². The molecule has 2 aromatic carbocycles. The summed E-state index contributed by atoms with van der Waals surface area (Å²) in [5.41, 5.74) is 8.02. The maximum absolute atomic E-state index is 12.1. The van der Waals surface area contributed by atoms with Gasteiger partial charge in [0.25, 0.3) is 5.91 Å². The van der Waals surface area contributed by atoms with E-state index in [4.69, 9.17) is 15.2 Å². The first-order valence-electron chi connectivity index (χ1n) is 8.86. The van der Waals surface area contributed by atoms with Crippen molar-refractivity contribution in [3.05, 3.63) is 59.2 Å². The molecule has 0 aliphatic heterocycles. The van der Waals surface area contributed by atoms with E-state index < -0.39 is 23.9 Å². The minimum atomic E-state index is -0.968. The Labute approximate surface area is 163 Å². The second-order valence-corrected chi connectivity index (χ2v) is 6.43. The summed E-state index contributed by atoms with van der Waals surface area (Å²) in [6.07, 6.45) is -0.942. The summed E-state index contributed by atoms with van der Waals surface area (Å²) < 4.78 is 10.8. The van der Waals surface area contributed by atoms with Gasteiger partial charge in [-0.25, -0.2) is 0 Å². The van der Waals surface area contributed by atoms with Gasteiger partial charge in [-0.15, -0.1) is 0 Å². The zero-order valence-electron chi connectivity index (χ0n) is 16.2. The Balaban J connectivity index is 1.78. The highest BCUT2D eigenvalue weighted by Gasteiger charge is 2.18. The number of anilines is 1. The first kappa shape index (κ1) is 21.0. The zero-order chi connectivity index (χ0) is 20.7. The largest absolute Gasteiger partial charge is 0.493 e. The molecule has 0 bridgehead atoms. The first-order chi connectivity index (χ1) is 13.3. The summed E-state index contributed by atoms with van der Waals surface area (Å²) in [4.78, 5) is 35.1. The lowest BCUT2D eigenvalue weighted by Gasteiger charge is -2.14. The molecule has 3 N–H and O–H groups in total. The normalized spacial score (nSPS) is 11.4. The van der Waals surface area contributed by atoms with Crippen LogP contribution in [-0.4, -0.2) is 30.5 Å². The molecule has 0 heterocycles. The highest BCUT2D eigenvalue weighted by Crippen LogP contribution is 2.19. The van der Waals surface area contributed by atoms with Crippen LogP contribution in [0.15, 0.2) is 42.5 Å². The zero-order valence-corrected chi connectivity index (χ0v) is 16.2. The maximum Gasteiger partial charge on any atom is 0.310 e. The summed E-state index contributed by atoms with van der Waals surface area (Å²) in [6, 6.07) is 11.9. The number of benzene rings is 2. The third kappa shape index (κ3) is 6.12. The summed E-state index contributed by atoms with van der Waals surface area (Å²) >= 11 is 0. The molecule has 0 aliphatic rings. The van der Waals surface area contributed by atoms with Crippen LogP contribution < -0.4 is 15.8 Å². The smallest absolute Gasteiger partial charge is 0.310 e. The number of hydrogen-bond acceptors (Lipinski definition) is 5. The lowest BCUT2D eigenvalue weighted by molar-refractivity contribution is -0.153. The molecule has 0 unspecified atom stereocenters. The Bertz CT molecular complexity index is 862. The lowest BCUT2D eigenvalue weighted by atomic mass is 10.1. The SMILES string of the molecule is Cc1ccc(C)c(OCCC(=O)O[C@@H](C)C(=O)Nc2ccc(C(N)=O)cc2)c1. The molecule has 0 fully saturated rings. The van der Waals surface area contributed by atoms with Crippen LogP contribution in [0.25, 0.3) is 0 Å². The third-order valence-electron chi connectivity index (χ3n) is 4.02. The van der Waals surface area contributed by atoms with Gasteiger partial charge in [0.1, 0.15) is 5.75 Å². The van der Waals surface area contributed by atoms with Crippen molar-refractivity contribution in [2.45, 2.75) is 33.3 Å². The molecular weight excluding hydrogens is 360 g/mol. The van der Waals surface area contributed by atoms with E-state index in [0.717, 1.165) is 16.9 Å². The standard InChI is InChI=1S/C21H24N2O5/c1-13-4-5-14(2)18(12-13)27-11-10-19(24)28-15(3)21(26)23-17-8-6-16(7-9-17)20(22)25/h4-9,12,15H,10-11H2,1-3H3,(H2,22,25)(H,23,26)/t15-/m0/s1. The van der Waals surface area contributed by atoms with Crippen LogP contribution in [0.4, 0.5) is 5.69 Å². The molecule has 0 aliphatic carbocycles. The number of esters is 1. The molecule has 2 aromatic rings. The van der Waals surface area contributed by atoms with Crippen molar-refractivity contribution in [1.29, 1.82) is 0 Å². The second-order valence-electron chi connectivity index (χ2n) is 6.43. The van der Waals surface area contributed by atoms with Crippen molar-refractivity contribution in [1.82, 2.24) is 0 Å². The quantitative estimate of drug-likeness (QED) is 0.681. The first-order valence-corrected chi connectivity index (χ1v) is 8.86. The van der Waals surface area contributed by atoms with Gasteiger partial charge in [0, 0.05) is 11.3 Å². The number of nitrogens with one attached hydrogen (secondary N) is 1. The molecule has 1 atom stereocenters. The topological polar surface area (TPSA) is 108 Å². The summed E-state index contributed by atoms with van der Waals surface area (Å²) in [5.74, 6) is -0.839. The Morgan fingerprint density at radius 2 is 1.75 bits per heavy atom. The van der Waals surface area contributed by atoms with Gasteiger partial charge in [0.15, 0.2) is 6.10 Å². The number of rotatable bonds is 8. The molecule has 7 heteroatoms. The van der Waals surface area contributed by atoms with Crippen molar-refractivity contribution in [2.24, 2.45) is 5.73 Å². The van der Waals surface area contributed by atoms with Crippen LogP contribution in [0.1, 0.15) is 34.8 Å². The molecule has 0 radical (unpaired) electrons. The van der Waals surface area contributed by atoms with E-state index in [1.54, 1.807) is 12.1 Å². The Kier molecular flexibility index (Phi) is 7.14. The number of ether oxygens (including phenoxy) is 2. The molecule has 7 nitrogen and oxygen atoms in total. The summed E-state index contributed by atoms with van der Waals surface area (Å²) in [6.45, 7) is 5.53. The van der Waals surface area contributed by atoms with Gasteiger partial charge in [-0.1, -0.05) is 12.1 Å². The molecule has 0 aromatic heterocycles. The van der Waals surface area contributed by atoms with E-state index >= 15 is 0 Å².